The molecule has 2 rings (SSSR count). The van der Waals surface area contributed by atoms with Gasteiger partial charge in [-0.1, -0.05) is 0 Å². The van der Waals surface area contributed by atoms with E-state index in [2.05, 4.69) is 28.1 Å². The van der Waals surface area contributed by atoms with E-state index in [1.54, 1.807) is 0 Å². The fourth-order valence-electron chi connectivity index (χ4n) is 2.09. The zero-order valence-electron chi connectivity index (χ0n) is 11.4. The summed E-state index contributed by atoms with van der Waals surface area (Å²) < 4.78 is 40.8. The lowest BCUT2D eigenvalue weighted by atomic mass is 10.0. The Morgan fingerprint density at radius 1 is 1.20 bits per heavy atom. The number of nitrogens with two attached hydrogens (primary N) is 1. The van der Waals surface area contributed by atoms with Gasteiger partial charge in [0.15, 0.2) is 0 Å². The lowest BCUT2D eigenvalue weighted by Gasteiger charge is -2.43. The van der Waals surface area contributed by atoms with Gasteiger partial charge in [-0.15, -0.1) is 0 Å². The number of hydrogen-bond donors (Lipinski definition) is 1. The molecule has 0 spiro atoms. The summed E-state index contributed by atoms with van der Waals surface area (Å²) in [6.45, 7) is 7.46. The summed E-state index contributed by atoms with van der Waals surface area (Å²) in [7, 11) is 0. The predicted octanol–water partition coefficient (Wildman–Crippen LogP) is 1.42. The van der Waals surface area contributed by atoms with Crippen molar-refractivity contribution in [3.05, 3.63) is 5.82 Å². The maximum absolute atomic E-state index is 12.5. The zero-order valence-corrected chi connectivity index (χ0v) is 12.3. The van der Waals surface area contributed by atoms with E-state index in [0.717, 1.165) is 24.6 Å². The highest BCUT2D eigenvalue weighted by molar-refractivity contribution is 7.09. The van der Waals surface area contributed by atoms with Crippen molar-refractivity contribution in [2.45, 2.75) is 25.6 Å². The average molecular weight is 309 g/mol. The number of alkyl halides is 3. The fraction of sp³-hybridized carbons (Fsp3) is 0.818. The third-order valence-electron chi connectivity index (χ3n) is 3.57. The molecule has 1 saturated heterocycles. The standard InChI is InChI=1S/C11H18F3N5S/c1-10(2,7-15)19-5-3-18(4-6-19)9-16-8(17-20-9)11(12,13)14/h3-7,15H2,1-2H3. The number of rotatable bonds is 3. The predicted molar refractivity (Wildman–Crippen MR) is 71.8 cm³/mol. The van der Waals surface area contributed by atoms with Crippen LogP contribution in [0.3, 0.4) is 0 Å². The average Bonchev–Trinajstić information content (AvgIpc) is 2.88. The van der Waals surface area contributed by atoms with Crippen LogP contribution in [0.25, 0.3) is 0 Å². The molecule has 1 fully saturated rings. The molecule has 2 N–H and O–H groups in total. The lowest BCUT2D eigenvalue weighted by Crippen LogP contribution is -2.57. The molecule has 0 bridgehead atoms. The molecule has 1 aromatic heterocycles. The van der Waals surface area contributed by atoms with Gasteiger partial charge in [-0.25, -0.2) is 0 Å². The highest BCUT2D eigenvalue weighted by Crippen LogP contribution is 2.30. The van der Waals surface area contributed by atoms with E-state index in [-0.39, 0.29) is 5.54 Å². The van der Waals surface area contributed by atoms with Gasteiger partial charge in [0.2, 0.25) is 11.0 Å². The molecular weight excluding hydrogens is 291 g/mol. The van der Waals surface area contributed by atoms with Crippen LogP contribution in [0.5, 0.6) is 0 Å². The molecule has 0 aliphatic carbocycles. The second-order valence-electron chi connectivity index (χ2n) is 5.39. The molecule has 1 aliphatic rings. The first-order valence-electron chi connectivity index (χ1n) is 6.35. The molecule has 2 heterocycles. The molecule has 0 saturated carbocycles. The first-order chi connectivity index (χ1) is 9.24. The summed E-state index contributed by atoms with van der Waals surface area (Å²) >= 11 is 0.799. The Kier molecular flexibility index (Phi) is 4.22. The van der Waals surface area contributed by atoms with E-state index in [1.807, 2.05) is 4.90 Å². The van der Waals surface area contributed by atoms with Crippen LogP contribution in [0.15, 0.2) is 0 Å². The molecular formula is C11H18F3N5S. The number of aromatic nitrogens is 2. The Hall–Kier alpha value is -0.930. The smallest absolute Gasteiger partial charge is 0.344 e. The van der Waals surface area contributed by atoms with E-state index in [9.17, 15) is 13.2 Å². The van der Waals surface area contributed by atoms with E-state index in [1.165, 1.54) is 0 Å². The van der Waals surface area contributed by atoms with Gasteiger partial charge in [-0.05, 0) is 13.8 Å². The summed E-state index contributed by atoms with van der Waals surface area (Å²) in [5.41, 5.74) is 5.64. The summed E-state index contributed by atoms with van der Waals surface area (Å²) in [6, 6.07) is 0. The van der Waals surface area contributed by atoms with Crippen molar-refractivity contribution < 1.29 is 13.2 Å². The minimum absolute atomic E-state index is 0.0929. The second kappa shape index (κ2) is 5.45. The molecule has 0 aromatic carbocycles. The van der Waals surface area contributed by atoms with Crippen LogP contribution >= 0.6 is 11.5 Å². The Morgan fingerprint density at radius 3 is 2.25 bits per heavy atom. The van der Waals surface area contributed by atoms with Gasteiger partial charge >= 0.3 is 6.18 Å². The Balaban J connectivity index is 1.99. The number of halogens is 3. The summed E-state index contributed by atoms with van der Waals surface area (Å²) in [6.07, 6.45) is -4.47. The van der Waals surface area contributed by atoms with E-state index < -0.39 is 12.0 Å². The fourth-order valence-corrected chi connectivity index (χ4v) is 2.83. The number of nitrogens with zero attached hydrogens (tertiary/aromatic N) is 4. The lowest BCUT2D eigenvalue weighted by molar-refractivity contribution is -0.144. The van der Waals surface area contributed by atoms with E-state index in [4.69, 9.17) is 5.73 Å². The molecule has 0 amide bonds. The van der Waals surface area contributed by atoms with Crippen LogP contribution in [-0.2, 0) is 6.18 Å². The van der Waals surface area contributed by atoms with E-state index >= 15 is 0 Å². The molecule has 114 valence electrons. The van der Waals surface area contributed by atoms with Crippen LogP contribution in [0.4, 0.5) is 18.3 Å². The molecule has 9 heteroatoms. The second-order valence-corrected chi connectivity index (χ2v) is 6.12. The first kappa shape index (κ1) is 15.5. The van der Waals surface area contributed by atoms with Crippen LogP contribution in [-0.4, -0.2) is 52.5 Å². The van der Waals surface area contributed by atoms with Crippen molar-refractivity contribution in [3.63, 3.8) is 0 Å². The van der Waals surface area contributed by atoms with E-state index in [0.29, 0.717) is 24.8 Å². The third-order valence-corrected chi connectivity index (χ3v) is 4.35. The quantitative estimate of drug-likeness (QED) is 0.915. The topological polar surface area (TPSA) is 58.3 Å². The first-order valence-corrected chi connectivity index (χ1v) is 7.12. The Bertz CT molecular complexity index is 451. The minimum atomic E-state index is -4.47. The molecule has 0 radical (unpaired) electrons. The van der Waals surface area contributed by atoms with Crippen molar-refractivity contribution in [2.75, 3.05) is 37.6 Å². The molecule has 1 aromatic rings. The maximum Gasteiger partial charge on any atom is 0.452 e. The normalized spacial score (nSPS) is 18.6. The van der Waals surface area contributed by atoms with Gasteiger partial charge in [-0.3, -0.25) is 4.90 Å². The Labute approximate surface area is 119 Å². The van der Waals surface area contributed by atoms with Crippen molar-refractivity contribution in [2.24, 2.45) is 5.73 Å². The van der Waals surface area contributed by atoms with Gasteiger partial charge in [0.25, 0.3) is 0 Å². The van der Waals surface area contributed by atoms with Crippen LogP contribution in [0.2, 0.25) is 0 Å². The van der Waals surface area contributed by atoms with Crippen LogP contribution in [0, 0.1) is 0 Å². The molecule has 0 atom stereocenters. The van der Waals surface area contributed by atoms with Gasteiger partial charge in [0.1, 0.15) is 0 Å². The van der Waals surface area contributed by atoms with Gasteiger partial charge in [0.05, 0.1) is 0 Å². The highest BCUT2D eigenvalue weighted by atomic mass is 32.1. The molecule has 0 unspecified atom stereocenters. The number of piperazine rings is 1. The Morgan fingerprint density at radius 2 is 1.80 bits per heavy atom. The SMILES string of the molecule is CC(C)(CN)N1CCN(c2nc(C(F)(F)F)ns2)CC1. The third kappa shape index (κ3) is 3.21. The number of hydrogen-bond acceptors (Lipinski definition) is 6. The monoisotopic (exact) mass is 309 g/mol. The van der Waals surface area contributed by atoms with Crippen molar-refractivity contribution in [3.8, 4) is 0 Å². The summed E-state index contributed by atoms with van der Waals surface area (Å²) in [5.74, 6) is -1.05. The highest BCUT2D eigenvalue weighted by Gasteiger charge is 2.37. The van der Waals surface area contributed by atoms with Gasteiger partial charge in [-0.2, -0.15) is 22.5 Å². The summed E-state index contributed by atoms with van der Waals surface area (Å²) in [4.78, 5) is 7.67. The number of anilines is 1. The van der Waals surface area contributed by atoms with Gasteiger partial charge in [0, 0.05) is 49.8 Å². The zero-order chi connectivity index (χ0) is 15.0. The summed E-state index contributed by atoms with van der Waals surface area (Å²) in [5, 5.41) is 0.336. The van der Waals surface area contributed by atoms with Crippen molar-refractivity contribution >= 4 is 16.7 Å². The molecule has 1 aliphatic heterocycles. The molecule has 20 heavy (non-hydrogen) atoms. The van der Waals surface area contributed by atoms with Gasteiger partial charge < -0.3 is 10.6 Å². The maximum atomic E-state index is 12.5. The minimum Gasteiger partial charge on any atom is -0.344 e. The van der Waals surface area contributed by atoms with Crippen LogP contribution in [0.1, 0.15) is 19.7 Å². The molecule has 5 nitrogen and oxygen atoms in total. The van der Waals surface area contributed by atoms with Crippen molar-refractivity contribution in [1.82, 2.24) is 14.3 Å². The van der Waals surface area contributed by atoms with Crippen LogP contribution < -0.4 is 10.6 Å². The van der Waals surface area contributed by atoms with Crippen molar-refractivity contribution in [1.29, 1.82) is 0 Å². The largest absolute Gasteiger partial charge is 0.452 e.